The number of amides is 4. The van der Waals surface area contributed by atoms with Crippen LogP contribution in [-0.4, -0.2) is 40.7 Å². The lowest BCUT2D eigenvalue weighted by molar-refractivity contribution is -0.138. The summed E-state index contributed by atoms with van der Waals surface area (Å²) in [7, 11) is 1.46. The van der Waals surface area contributed by atoms with E-state index in [0.717, 1.165) is 15.9 Å². The molecule has 42 heavy (non-hydrogen) atoms. The number of rotatable bonds is 3. The second-order valence-electron chi connectivity index (χ2n) is 11.5. The molecule has 9 heteroatoms. The zero-order chi connectivity index (χ0) is 29.5. The molecule has 7 rings (SSSR count). The van der Waals surface area contributed by atoms with Gasteiger partial charge in [0.15, 0.2) is 11.6 Å². The first-order valence-electron chi connectivity index (χ1n) is 13.9. The van der Waals surface area contributed by atoms with Crippen LogP contribution in [0.2, 0.25) is 5.02 Å². The highest BCUT2D eigenvalue weighted by atomic mass is 35.5. The maximum atomic E-state index is 15.0. The number of anilines is 1. The van der Waals surface area contributed by atoms with Gasteiger partial charge < -0.3 is 5.11 Å². The van der Waals surface area contributed by atoms with Crippen molar-refractivity contribution in [1.29, 1.82) is 0 Å². The Morgan fingerprint density at radius 3 is 2.38 bits per heavy atom. The molecule has 0 radical (unpaired) electrons. The van der Waals surface area contributed by atoms with Gasteiger partial charge in [0.25, 0.3) is 0 Å². The van der Waals surface area contributed by atoms with E-state index in [-0.39, 0.29) is 30.2 Å². The van der Waals surface area contributed by atoms with Crippen molar-refractivity contribution in [3.8, 4) is 5.75 Å². The first-order chi connectivity index (χ1) is 20.2. The van der Waals surface area contributed by atoms with Crippen molar-refractivity contribution < 1.29 is 28.7 Å². The van der Waals surface area contributed by atoms with E-state index in [1.807, 2.05) is 6.08 Å². The van der Waals surface area contributed by atoms with Crippen LogP contribution in [0.15, 0.2) is 84.4 Å². The lowest BCUT2D eigenvalue weighted by Gasteiger charge is -2.50. The normalized spacial score (nSPS) is 30.3. The number of para-hydroxylation sites is 1. The summed E-state index contributed by atoms with van der Waals surface area (Å²) in [6, 6.07) is 19.5. The molecule has 6 atom stereocenters. The van der Waals surface area contributed by atoms with Crippen molar-refractivity contribution in [2.24, 2.45) is 23.7 Å². The van der Waals surface area contributed by atoms with Gasteiger partial charge in [0.05, 0.1) is 28.9 Å². The number of halogens is 2. The molecule has 212 valence electrons. The Bertz CT molecular complexity index is 1720. The third-order valence-corrected chi connectivity index (χ3v) is 9.95. The number of phenols is 1. The van der Waals surface area contributed by atoms with Crippen molar-refractivity contribution >= 4 is 40.9 Å². The number of nitrogens with zero attached hydrogens (tertiary/aromatic N) is 2. The second-order valence-corrected chi connectivity index (χ2v) is 11.9. The Morgan fingerprint density at radius 2 is 1.64 bits per heavy atom. The number of hydrogen-bond donors (Lipinski definition) is 1. The lowest BCUT2D eigenvalue weighted by Crippen LogP contribution is -2.53. The SMILES string of the molecule is CN1C(=O)[C@H]2[C@H](CC=C3[C@H]2C[C@H]2C(=O)N(c4cccc(Cl)c4)C(=O)[C@@]2(c2ccccc2)[C@H]3c2cccc(F)c2O)C1=O. The highest BCUT2D eigenvalue weighted by Crippen LogP contribution is 2.65. The molecule has 4 aliphatic rings. The molecule has 2 saturated heterocycles. The molecule has 1 N–H and O–H groups in total. The van der Waals surface area contributed by atoms with E-state index in [9.17, 15) is 24.3 Å². The van der Waals surface area contributed by atoms with Crippen LogP contribution in [0, 0.1) is 29.5 Å². The molecule has 3 aromatic rings. The fraction of sp³-hybridized carbons (Fsp3) is 0.273. The summed E-state index contributed by atoms with van der Waals surface area (Å²) >= 11 is 6.28. The number of fused-ring (bicyclic) bond motifs is 4. The highest BCUT2D eigenvalue weighted by molar-refractivity contribution is 6.32. The molecule has 2 aliphatic heterocycles. The van der Waals surface area contributed by atoms with Crippen LogP contribution in [0.25, 0.3) is 0 Å². The van der Waals surface area contributed by atoms with Crippen LogP contribution in [0.5, 0.6) is 5.75 Å². The summed E-state index contributed by atoms with van der Waals surface area (Å²) in [5.74, 6) is -6.94. The van der Waals surface area contributed by atoms with Gasteiger partial charge in [-0.15, -0.1) is 0 Å². The van der Waals surface area contributed by atoms with Gasteiger partial charge in [-0.1, -0.05) is 71.8 Å². The summed E-state index contributed by atoms with van der Waals surface area (Å²) in [6.07, 6.45) is 2.25. The minimum absolute atomic E-state index is 0.128. The predicted octanol–water partition coefficient (Wildman–Crippen LogP) is 4.98. The Balaban J connectivity index is 1.54. The number of imide groups is 2. The Hall–Kier alpha value is -4.30. The number of likely N-dealkylation sites (tertiary alicyclic amines) is 1. The van der Waals surface area contributed by atoms with Crippen molar-refractivity contribution in [2.45, 2.75) is 24.2 Å². The number of benzene rings is 3. The third kappa shape index (κ3) is 3.38. The zero-order valence-corrected chi connectivity index (χ0v) is 23.3. The standard InChI is InChI=1S/C33H26ClFN2O5/c1-36-29(39)21-14-13-20-23(26(21)31(36)41)16-24-30(40)37(19-10-5-9-18(34)15-19)32(42)33(24,17-7-3-2-4-8-17)27(20)22-11-6-12-25(35)28(22)38/h2-13,15,21,23-24,26-27,38H,14,16H2,1H3/t21-,23+,24-,26-,27+,33+/m0/s1. The molecule has 3 aromatic carbocycles. The van der Waals surface area contributed by atoms with Crippen LogP contribution in [-0.2, 0) is 24.6 Å². The maximum Gasteiger partial charge on any atom is 0.246 e. The van der Waals surface area contributed by atoms with E-state index in [4.69, 9.17) is 11.6 Å². The summed E-state index contributed by atoms with van der Waals surface area (Å²) < 4.78 is 15.0. The van der Waals surface area contributed by atoms with E-state index in [0.29, 0.717) is 21.8 Å². The summed E-state index contributed by atoms with van der Waals surface area (Å²) in [4.78, 5) is 58.2. The van der Waals surface area contributed by atoms with Crippen molar-refractivity contribution in [3.05, 3.63) is 106 Å². The number of phenolic OH excluding ortho intramolecular Hbond substituents is 1. The van der Waals surface area contributed by atoms with Gasteiger partial charge in [-0.3, -0.25) is 24.1 Å². The van der Waals surface area contributed by atoms with E-state index < -0.39 is 58.4 Å². The molecule has 2 aliphatic carbocycles. The van der Waals surface area contributed by atoms with Gasteiger partial charge in [-0.2, -0.15) is 0 Å². The maximum absolute atomic E-state index is 15.0. The number of aromatic hydroxyl groups is 1. The molecule has 0 bridgehead atoms. The molecule has 0 aromatic heterocycles. The fourth-order valence-corrected chi connectivity index (χ4v) is 8.20. The van der Waals surface area contributed by atoms with Gasteiger partial charge in [0.1, 0.15) is 0 Å². The van der Waals surface area contributed by atoms with Crippen LogP contribution >= 0.6 is 11.6 Å². The molecule has 7 nitrogen and oxygen atoms in total. The van der Waals surface area contributed by atoms with Gasteiger partial charge in [-0.05, 0) is 48.6 Å². The molecular formula is C33H26ClFN2O5. The van der Waals surface area contributed by atoms with Crippen molar-refractivity contribution in [1.82, 2.24) is 4.90 Å². The van der Waals surface area contributed by atoms with E-state index in [2.05, 4.69) is 0 Å². The number of carbonyl (C=O) groups is 4. The molecule has 2 heterocycles. The zero-order valence-electron chi connectivity index (χ0n) is 22.5. The number of allylic oxidation sites excluding steroid dienone is 2. The van der Waals surface area contributed by atoms with E-state index >= 15 is 4.39 Å². The van der Waals surface area contributed by atoms with Gasteiger partial charge in [0, 0.05) is 23.6 Å². The molecule has 4 amide bonds. The second kappa shape index (κ2) is 9.36. The minimum Gasteiger partial charge on any atom is -0.505 e. The largest absolute Gasteiger partial charge is 0.505 e. The highest BCUT2D eigenvalue weighted by Gasteiger charge is 2.70. The van der Waals surface area contributed by atoms with Gasteiger partial charge in [-0.25, -0.2) is 9.29 Å². The average molecular weight is 585 g/mol. The monoisotopic (exact) mass is 584 g/mol. The Kier molecular flexibility index (Phi) is 5.92. The quantitative estimate of drug-likeness (QED) is 0.346. The number of carbonyl (C=O) groups excluding carboxylic acids is 4. The van der Waals surface area contributed by atoms with Crippen LogP contribution in [0.3, 0.4) is 0 Å². The van der Waals surface area contributed by atoms with E-state index in [1.165, 1.54) is 13.1 Å². The smallest absolute Gasteiger partial charge is 0.246 e. The summed E-state index contributed by atoms with van der Waals surface area (Å²) in [5, 5.41) is 11.5. The predicted molar refractivity (Wildman–Crippen MR) is 152 cm³/mol. The Labute approximate surface area is 246 Å². The molecule has 3 fully saturated rings. The van der Waals surface area contributed by atoms with Crippen LogP contribution in [0.1, 0.15) is 29.9 Å². The Morgan fingerprint density at radius 1 is 0.905 bits per heavy atom. The van der Waals surface area contributed by atoms with Gasteiger partial charge in [0.2, 0.25) is 23.6 Å². The third-order valence-electron chi connectivity index (χ3n) is 9.72. The van der Waals surface area contributed by atoms with Crippen molar-refractivity contribution in [2.75, 3.05) is 11.9 Å². The summed E-state index contributed by atoms with van der Waals surface area (Å²) in [5.41, 5.74) is 0.0731. The topological polar surface area (TPSA) is 95.0 Å². The average Bonchev–Trinajstić information content (AvgIpc) is 3.35. The molecule has 0 spiro atoms. The van der Waals surface area contributed by atoms with Crippen LogP contribution < -0.4 is 4.90 Å². The molecular weight excluding hydrogens is 559 g/mol. The fourth-order valence-electron chi connectivity index (χ4n) is 8.01. The first-order valence-corrected chi connectivity index (χ1v) is 14.2. The summed E-state index contributed by atoms with van der Waals surface area (Å²) in [6.45, 7) is 0. The molecule has 1 saturated carbocycles. The first kappa shape index (κ1) is 26.6. The van der Waals surface area contributed by atoms with Crippen LogP contribution in [0.4, 0.5) is 10.1 Å². The molecule has 0 unspecified atom stereocenters. The minimum atomic E-state index is -1.57. The number of hydrogen-bond acceptors (Lipinski definition) is 5. The lowest BCUT2D eigenvalue weighted by atomic mass is 9.49. The van der Waals surface area contributed by atoms with Gasteiger partial charge >= 0.3 is 0 Å². The van der Waals surface area contributed by atoms with Crippen molar-refractivity contribution in [3.63, 3.8) is 0 Å². The van der Waals surface area contributed by atoms with E-state index in [1.54, 1.807) is 60.7 Å².